The predicted molar refractivity (Wildman–Crippen MR) is 135 cm³/mol. The Morgan fingerprint density at radius 1 is 1.03 bits per heavy atom. The van der Waals surface area contributed by atoms with Gasteiger partial charge in [-0.2, -0.15) is 0 Å². The normalized spacial score (nSPS) is 10.0. The van der Waals surface area contributed by atoms with Gasteiger partial charge in [-0.05, 0) is 31.0 Å². The van der Waals surface area contributed by atoms with Crippen LogP contribution in [-0.4, -0.2) is 37.4 Å². The minimum atomic E-state index is 0. The second kappa shape index (κ2) is 14.2. The van der Waals surface area contributed by atoms with Crippen molar-refractivity contribution in [2.45, 2.75) is 60.8 Å². The van der Waals surface area contributed by atoms with Crippen molar-refractivity contribution in [2.75, 3.05) is 12.1 Å². The number of aromatic nitrogens is 4. The topological polar surface area (TPSA) is 83.6 Å². The van der Waals surface area contributed by atoms with Crippen LogP contribution >= 0.6 is 0 Å². The van der Waals surface area contributed by atoms with Crippen molar-refractivity contribution in [2.24, 2.45) is 0 Å². The van der Waals surface area contributed by atoms with Crippen LogP contribution < -0.4 is 5.06 Å². The van der Waals surface area contributed by atoms with E-state index in [4.69, 9.17) is 0 Å². The van der Waals surface area contributed by atoms with Gasteiger partial charge in [-0.25, -0.2) is 15.0 Å². The molecule has 0 atom stereocenters. The monoisotopic (exact) mass is 687 g/mol. The van der Waals surface area contributed by atoms with Crippen LogP contribution in [0.3, 0.4) is 0 Å². The summed E-state index contributed by atoms with van der Waals surface area (Å²) in [6.07, 6.45) is 9.64. The molecule has 0 amide bonds. The predicted octanol–water partition coefficient (Wildman–Crippen LogP) is 6.50. The number of hydrogen-bond acceptors (Lipinski definition) is 6. The molecule has 0 radical (unpaired) electrons. The Bertz CT molecular complexity index is 1220. The van der Waals surface area contributed by atoms with Gasteiger partial charge in [0.1, 0.15) is 11.3 Å². The summed E-state index contributed by atoms with van der Waals surface area (Å²) < 4.78 is 1.97. The van der Waals surface area contributed by atoms with Gasteiger partial charge in [-0.1, -0.05) is 41.0 Å². The van der Waals surface area contributed by atoms with Crippen LogP contribution in [0.5, 0.6) is 0 Å². The van der Waals surface area contributed by atoms with Crippen LogP contribution in [0.4, 0.5) is 5.82 Å². The summed E-state index contributed by atoms with van der Waals surface area (Å²) in [7, 11) is 1.53. The molecule has 1 N–H and O–H groups in total. The summed E-state index contributed by atoms with van der Waals surface area (Å²) in [6.45, 7) is 12.2. The van der Waals surface area contributed by atoms with E-state index in [9.17, 15) is 10.0 Å². The number of carbonyl (C=O) groups excluding carboxylic acids is 1. The van der Waals surface area contributed by atoms with Crippen molar-refractivity contribution < 1.29 is 41.1 Å². The smallest absolute Gasteiger partial charge is 0.181 e. The fourth-order valence-electron chi connectivity index (χ4n) is 3.40. The van der Waals surface area contributed by atoms with E-state index in [0.29, 0.717) is 17.9 Å². The second-order valence-electron chi connectivity index (χ2n) is 7.57. The molecular weight excluding hydrogens is 652 g/mol. The van der Waals surface area contributed by atoms with Crippen LogP contribution in [-0.2, 0) is 0 Å². The maximum atomic E-state index is 12.2. The number of nitrogens with zero attached hydrogens (tertiary/aromatic N) is 5. The quantitative estimate of drug-likeness (QED) is 0.191. The van der Waals surface area contributed by atoms with E-state index in [1.54, 1.807) is 18.6 Å². The molecule has 0 bridgehead atoms. The molecule has 4 rings (SSSR count). The molecule has 4 aromatic heterocycles. The van der Waals surface area contributed by atoms with E-state index in [2.05, 4.69) is 28.8 Å². The summed E-state index contributed by atoms with van der Waals surface area (Å²) in [6, 6.07) is 5.67. The number of fused-ring (bicyclic) bond motifs is 3. The van der Waals surface area contributed by atoms with E-state index < -0.39 is 0 Å². The molecule has 8 heteroatoms. The van der Waals surface area contributed by atoms with Crippen LogP contribution in [0.15, 0.2) is 43.0 Å². The summed E-state index contributed by atoms with van der Waals surface area (Å²) in [4.78, 5) is 25.4. The minimum absolute atomic E-state index is 0. The molecule has 0 aromatic carbocycles. The molecule has 0 spiro atoms. The van der Waals surface area contributed by atoms with E-state index in [1.807, 2.05) is 56.5 Å². The maximum absolute atomic E-state index is 12.2. The van der Waals surface area contributed by atoms with Gasteiger partial charge in [0.25, 0.3) is 0 Å². The minimum Gasteiger partial charge on any atom is -0.299 e. The van der Waals surface area contributed by atoms with Gasteiger partial charge in [-0.3, -0.25) is 19.4 Å². The Labute approximate surface area is 226 Å². The SMILES string of the molecule is CC.CCC.CCCC(=O)c1cc(C)c(-c2cc3cnc(N(C)O)cc3n3ccnc23)cn1.[U]. The molecule has 0 aliphatic carbocycles. The molecule has 0 fully saturated rings. The van der Waals surface area contributed by atoms with Gasteiger partial charge in [0.05, 0.1) is 5.52 Å². The van der Waals surface area contributed by atoms with Crippen LogP contribution in [0.25, 0.3) is 27.7 Å². The number of imidazole rings is 1. The first-order valence-electron chi connectivity index (χ1n) is 11.6. The molecule has 0 saturated carbocycles. The molecule has 0 aliphatic heterocycles. The first-order chi connectivity index (χ1) is 15.9. The first kappa shape index (κ1) is 29.8. The molecule has 4 aromatic rings. The average Bonchev–Trinajstić information content (AvgIpc) is 3.31. The fraction of sp³-hybridized carbons (Fsp3) is 0.385. The van der Waals surface area contributed by atoms with Crippen molar-refractivity contribution >= 4 is 28.2 Å². The molecule has 0 aliphatic rings. The molecule has 7 nitrogen and oxygen atoms in total. The van der Waals surface area contributed by atoms with Crippen LogP contribution in [0, 0.1) is 38.0 Å². The number of aryl methyl sites for hydroxylation is 1. The molecular formula is C26H35N5O2U. The Morgan fingerprint density at radius 3 is 2.29 bits per heavy atom. The Morgan fingerprint density at radius 2 is 1.71 bits per heavy atom. The summed E-state index contributed by atoms with van der Waals surface area (Å²) in [5.74, 6) is 0.512. The number of pyridine rings is 3. The van der Waals surface area contributed by atoms with E-state index in [0.717, 1.165) is 44.7 Å². The van der Waals surface area contributed by atoms with Crippen molar-refractivity contribution in [3.63, 3.8) is 0 Å². The molecule has 0 saturated heterocycles. The molecule has 0 unspecified atom stereocenters. The van der Waals surface area contributed by atoms with Crippen LogP contribution in [0.1, 0.15) is 69.9 Å². The number of carbonyl (C=O) groups is 1. The second-order valence-corrected chi connectivity index (χ2v) is 7.57. The number of hydrogen-bond donors (Lipinski definition) is 1. The summed E-state index contributed by atoms with van der Waals surface area (Å²) in [5.41, 5.74) is 4.99. The maximum Gasteiger partial charge on any atom is 0.181 e. The third kappa shape index (κ3) is 6.65. The zero-order valence-corrected chi connectivity index (χ0v) is 25.4. The zero-order chi connectivity index (χ0) is 24.5. The van der Waals surface area contributed by atoms with Gasteiger partial charge in [0, 0.05) is 91.9 Å². The van der Waals surface area contributed by atoms with Gasteiger partial charge < -0.3 is 0 Å². The number of Topliss-reactive ketones (excluding diaryl/α,β-unsaturated/α-hetero) is 1. The fourth-order valence-corrected chi connectivity index (χ4v) is 3.40. The number of ketones is 1. The van der Waals surface area contributed by atoms with Gasteiger partial charge in [0.2, 0.25) is 0 Å². The third-order valence-electron chi connectivity index (χ3n) is 4.83. The van der Waals surface area contributed by atoms with E-state index in [1.165, 1.54) is 13.5 Å². The molecule has 4 heterocycles. The van der Waals surface area contributed by atoms with Gasteiger partial charge in [0.15, 0.2) is 11.6 Å². The van der Waals surface area contributed by atoms with E-state index >= 15 is 0 Å². The first-order valence-corrected chi connectivity index (χ1v) is 11.6. The van der Waals surface area contributed by atoms with Crippen molar-refractivity contribution in [1.29, 1.82) is 0 Å². The largest absolute Gasteiger partial charge is 0.299 e. The van der Waals surface area contributed by atoms with Crippen molar-refractivity contribution in [3.05, 3.63) is 54.2 Å². The Kier molecular flexibility index (Phi) is 12.4. The van der Waals surface area contributed by atoms with E-state index in [-0.39, 0.29) is 36.9 Å². The average molecular weight is 688 g/mol. The zero-order valence-electron chi connectivity index (χ0n) is 21.3. The molecule has 34 heavy (non-hydrogen) atoms. The Balaban J connectivity index is 0.000000895. The summed E-state index contributed by atoms with van der Waals surface area (Å²) >= 11 is 0. The summed E-state index contributed by atoms with van der Waals surface area (Å²) in [5, 5.41) is 11.6. The van der Waals surface area contributed by atoms with Crippen LogP contribution in [0.2, 0.25) is 0 Å². The van der Waals surface area contributed by atoms with Crippen molar-refractivity contribution in [1.82, 2.24) is 19.4 Å². The standard InChI is InChI=1S/C21H21N5O2.C3H8.C2H6.U/c1-4-5-19(27)17-8-13(2)16(12-23-17)15-9-14-11-24-20(25(3)28)10-18(14)26-7-6-22-21(15)26;1-3-2;1-2;/h6-12,28H,4-5H2,1-3H3;3H2,1-2H3;1-2H3;. The number of rotatable bonds is 5. The molecule has 180 valence electrons. The Hall–Kier alpha value is -2.27. The van der Waals surface area contributed by atoms with Gasteiger partial charge in [-0.15, -0.1) is 0 Å². The third-order valence-corrected chi connectivity index (χ3v) is 4.83. The number of hydroxylamine groups is 1. The van der Waals surface area contributed by atoms with Crippen molar-refractivity contribution in [3.8, 4) is 11.1 Å². The van der Waals surface area contributed by atoms with Gasteiger partial charge >= 0.3 is 0 Å². The number of anilines is 1.